The molecule has 3 aromatic rings. The quantitative estimate of drug-likeness (QED) is 0.787. The highest BCUT2D eigenvalue weighted by atomic mass is 15.1. The minimum absolute atomic E-state index is 0.618. The van der Waals surface area contributed by atoms with Crippen molar-refractivity contribution in [2.75, 3.05) is 20.1 Å². The molecule has 0 saturated carbocycles. The number of rotatable bonds is 2. The van der Waals surface area contributed by atoms with Crippen LogP contribution in [-0.2, 0) is 0 Å². The molecule has 4 rings (SSSR count). The average Bonchev–Trinajstić information content (AvgIpc) is 3.00. The predicted octanol–water partition coefficient (Wildman–Crippen LogP) is 3.43. The highest BCUT2D eigenvalue weighted by molar-refractivity contribution is 5.93. The fourth-order valence-corrected chi connectivity index (χ4v) is 3.36. The van der Waals surface area contributed by atoms with Gasteiger partial charge in [0, 0.05) is 41.2 Å². The zero-order valence-electron chi connectivity index (χ0n) is 12.8. The summed E-state index contributed by atoms with van der Waals surface area (Å²) in [6, 6.07) is 8.45. The molecule has 4 heterocycles. The van der Waals surface area contributed by atoms with E-state index < -0.39 is 0 Å². The van der Waals surface area contributed by atoms with Crippen LogP contribution in [-0.4, -0.2) is 40.0 Å². The molecule has 3 aromatic heterocycles. The molecule has 4 heteroatoms. The summed E-state index contributed by atoms with van der Waals surface area (Å²) in [5, 5.41) is 1.20. The SMILES string of the molecule is CN1CCC(c2cc3c(-c4cccnc4)ccnc3[nH]2)CC1. The minimum atomic E-state index is 0.618. The molecule has 4 nitrogen and oxygen atoms in total. The van der Waals surface area contributed by atoms with E-state index in [-0.39, 0.29) is 0 Å². The third-order valence-corrected chi connectivity index (χ3v) is 4.68. The lowest BCUT2D eigenvalue weighted by molar-refractivity contribution is 0.254. The number of hydrogen-bond donors (Lipinski definition) is 1. The van der Waals surface area contributed by atoms with Gasteiger partial charge in [-0.15, -0.1) is 0 Å². The van der Waals surface area contributed by atoms with Gasteiger partial charge in [0.15, 0.2) is 0 Å². The molecular weight excluding hydrogens is 272 g/mol. The van der Waals surface area contributed by atoms with Crippen LogP contribution in [0.15, 0.2) is 42.9 Å². The van der Waals surface area contributed by atoms with Crippen LogP contribution in [0.3, 0.4) is 0 Å². The third-order valence-electron chi connectivity index (χ3n) is 4.68. The van der Waals surface area contributed by atoms with Gasteiger partial charge in [0.1, 0.15) is 5.65 Å². The van der Waals surface area contributed by atoms with E-state index in [1.165, 1.54) is 42.6 Å². The average molecular weight is 292 g/mol. The van der Waals surface area contributed by atoms with E-state index in [1.807, 2.05) is 24.7 Å². The van der Waals surface area contributed by atoms with Crippen LogP contribution in [0.5, 0.6) is 0 Å². The summed E-state index contributed by atoms with van der Waals surface area (Å²) in [6.45, 7) is 2.34. The Bertz CT molecular complexity index is 770. The van der Waals surface area contributed by atoms with Crippen LogP contribution >= 0.6 is 0 Å². The second kappa shape index (κ2) is 5.54. The number of hydrogen-bond acceptors (Lipinski definition) is 3. The molecule has 0 spiro atoms. The Hall–Kier alpha value is -2.20. The largest absolute Gasteiger partial charge is 0.343 e. The molecule has 1 aliphatic heterocycles. The summed E-state index contributed by atoms with van der Waals surface area (Å²) in [4.78, 5) is 14.7. The molecule has 0 aromatic carbocycles. The number of piperidine rings is 1. The molecule has 0 aliphatic carbocycles. The molecule has 0 atom stereocenters. The first-order valence-corrected chi connectivity index (χ1v) is 7.88. The van der Waals surface area contributed by atoms with Crippen molar-refractivity contribution in [3.63, 3.8) is 0 Å². The number of pyridine rings is 2. The van der Waals surface area contributed by atoms with Crippen LogP contribution in [0.25, 0.3) is 22.2 Å². The van der Waals surface area contributed by atoms with Gasteiger partial charge in [-0.3, -0.25) is 4.98 Å². The molecule has 1 saturated heterocycles. The first-order valence-electron chi connectivity index (χ1n) is 7.88. The molecular formula is C18H20N4. The van der Waals surface area contributed by atoms with E-state index in [2.05, 4.69) is 45.1 Å². The molecule has 0 amide bonds. The van der Waals surface area contributed by atoms with Crippen LogP contribution in [0.2, 0.25) is 0 Å². The van der Waals surface area contributed by atoms with Gasteiger partial charge in [-0.1, -0.05) is 6.07 Å². The summed E-state index contributed by atoms with van der Waals surface area (Å²) in [5.74, 6) is 0.618. The summed E-state index contributed by atoms with van der Waals surface area (Å²) in [6.07, 6.45) is 8.02. The lowest BCUT2D eigenvalue weighted by Gasteiger charge is -2.28. The lowest BCUT2D eigenvalue weighted by atomic mass is 9.93. The van der Waals surface area contributed by atoms with E-state index in [0.29, 0.717) is 5.92 Å². The van der Waals surface area contributed by atoms with Gasteiger partial charge in [-0.2, -0.15) is 0 Å². The summed E-state index contributed by atoms with van der Waals surface area (Å²) in [7, 11) is 2.20. The maximum absolute atomic E-state index is 4.51. The van der Waals surface area contributed by atoms with Gasteiger partial charge in [0.25, 0.3) is 0 Å². The van der Waals surface area contributed by atoms with Crippen LogP contribution in [0.1, 0.15) is 24.5 Å². The van der Waals surface area contributed by atoms with E-state index in [0.717, 1.165) is 11.2 Å². The van der Waals surface area contributed by atoms with Crippen LogP contribution in [0.4, 0.5) is 0 Å². The van der Waals surface area contributed by atoms with Crippen molar-refractivity contribution >= 4 is 11.0 Å². The molecule has 0 bridgehead atoms. The normalized spacial score (nSPS) is 17.1. The Labute approximate surface area is 130 Å². The van der Waals surface area contributed by atoms with Crippen LogP contribution < -0.4 is 0 Å². The van der Waals surface area contributed by atoms with E-state index in [4.69, 9.17) is 0 Å². The lowest BCUT2D eigenvalue weighted by Crippen LogP contribution is -2.29. The van der Waals surface area contributed by atoms with Gasteiger partial charge >= 0.3 is 0 Å². The van der Waals surface area contributed by atoms with E-state index >= 15 is 0 Å². The fraction of sp³-hybridized carbons (Fsp3) is 0.333. The Morgan fingerprint density at radius 1 is 1.18 bits per heavy atom. The van der Waals surface area contributed by atoms with Gasteiger partial charge in [-0.25, -0.2) is 4.98 Å². The zero-order valence-corrected chi connectivity index (χ0v) is 12.8. The number of nitrogens with zero attached hydrogens (tertiary/aromatic N) is 3. The zero-order chi connectivity index (χ0) is 14.9. The molecule has 1 aliphatic rings. The van der Waals surface area contributed by atoms with E-state index in [1.54, 1.807) is 0 Å². The predicted molar refractivity (Wildman–Crippen MR) is 88.8 cm³/mol. The molecule has 112 valence electrons. The molecule has 0 unspecified atom stereocenters. The summed E-state index contributed by atoms with van der Waals surface area (Å²) >= 11 is 0. The van der Waals surface area contributed by atoms with Crippen molar-refractivity contribution in [2.45, 2.75) is 18.8 Å². The van der Waals surface area contributed by atoms with Crippen LogP contribution in [0, 0.1) is 0 Å². The second-order valence-electron chi connectivity index (χ2n) is 6.16. The number of H-pyrrole nitrogens is 1. The number of nitrogens with one attached hydrogen (secondary N) is 1. The standard InChI is InChI=1S/C18H20N4/c1-22-9-5-13(6-10-22)17-11-16-15(4-8-20-18(16)21-17)14-3-2-7-19-12-14/h2-4,7-8,11-13H,5-6,9-10H2,1H3,(H,20,21). The van der Waals surface area contributed by atoms with E-state index in [9.17, 15) is 0 Å². The van der Waals surface area contributed by atoms with Crippen molar-refractivity contribution in [3.8, 4) is 11.1 Å². The molecule has 1 N–H and O–H groups in total. The van der Waals surface area contributed by atoms with Crippen molar-refractivity contribution < 1.29 is 0 Å². The second-order valence-corrected chi connectivity index (χ2v) is 6.16. The van der Waals surface area contributed by atoms with Gasteiger partial charge in [0.05, 0.1) is 0 Å². The maximum Gasteiger partial charge on any atom is 0.138 e. The fourth-order valence-electron chi connectivity index (χ4n) is 3.36. The Kier molecular flexibility index (Phi) is 3.39. The molecule has 22 heavy (non-hydrogen) atoms. The molecule has 1 fully saturated rings. The number of likely N-dealkylation sites (tertiary alicyclic amines) is 1. The molecule has 0 radical (unpaired) electrons. The number of aromatic amines is 1. The summed E-state index contributed by atoms with van der Waals surface area (Å²) in [5.41, 5.74) is 4.65. The van der Waals surface area contributed by atoms with Crippen molar-refractivity contribution in [2.24, 2.45) is 0 Å². The Morgan fingerprint density at radius 2 is 2.05 bits per heavy atom. The smallest absolute Gasteiger partial charge is 0.138 e. The van der Waals surface area contributed by atoms with Gasteiger partial charge in [0.2, 0.25) is 0 Å². The van der Waals surface area contributed by atoms with Gasteiger partial charge in [-0.05, 0) is 56.7 Å². The highest BCUT2D eigenvalue weighted by Gasteiger charge is 2.20. The van der Waals surface area contributed by atoms with Gasteiger partial charge < -0.3 is 9.88 Å². The monoisotopic (exact) mass is 292 g/mol. The van der Waals surface area contributed by atoms with Crippen molar-refractivity contribution in [3.05, 3.63) is 48.5 Å². The Balaban J connectivity index is 1.75. The first kappa shape index (κ1) is 13.5. The minimum Gasteiger partial charge on any atom is -0.343 e. The highest BCUT2D eigenvalue weighted by Crippen LogP contribution is 2.33. The Morgan fingerprint density at radius 3 is 2.82 bits per heavy atom. The summed E-state index contributed by atoms with van der Waals surface area (Å²) < 4.78 is 0. The third kappa shape index (κ3) is 2.40. The number of aromatic nitrogens is 3. The van der Waals surface area contributed by atoms with Crippen molar-refractivity contribution in [1.29, 1.82) is 0 Å². The number of fused-ring (bicyclic) bond motifs is 1. The van der Waals surface area contributed by atoms with Crippen molar-refractivity contribution in [1.82, 2.24) is 19.9 Å². The maximum atomic E-state index is 4.51. The first-order chi connectivity index (χ1) is 10.8. The topological polar surface area (TPSA) is 44.8 Å².